The third kappa shape index (κ3) is 2.61. The van der Waals surface area contributed by atoms with Gasteiger partial charge in [0, 0.05) is 25.4 Å². The number of furan rings is 1. The molecule has 0 aliphatic rings. The summed E-state index contributed by atoms with van der Waals surface area (Å²) in [5, 5.41) is 2.96. The normalized spacial score (nSPS) is 10.4. The van der Waals surface area contributed by atoms with Crippen molar-refractivity contribution in [2.45, 2.75) is 20.4 Å². The highest BCUT2D eigenvalue weighted by molar-refractivity contribution is 5.48. The van der Waals surface area contributed by atoms with Crippen molar-refractivity contribution in [2.24, 2.45) is 0 Å². The number of rotatable bonds is 5. The van der Waals surface area contributed by atoms with Crippen molar-refractivity contribution in [1.29, 1.82) is 0 Å². The molecule has 0 saturated carbocycles. The van der Waals surface area contributed by atoms with Crippen LogP contribution in [-0.4, -0.2) is 23.6 Å². The Morgan fingerprint density at radius 1 is 1.44 bits per heavy atom. The van der Waals surface area contributed by atoms with E-state index in [9.17, 15) is 0 Å². The lowest BCUT2D eigenvalue weighted by atomic mass is 10.3. The predicted octanol–water partition coefficient (Wildman–Crippen LogP) is 2.45. The van der Waals surface area contributed by atoms with Crippen LogP contribution in [0.3, 0.4) is 0 Å². The molecule has 0 spiro atoms. The van der Waals surface area contributed by atoms with E-state index in [4.69, 9.17) is 4.42 Å². The van der Waals surface area contributed by atoms with Gasteiger partial charge in [0.15, 0.2) is 0 Å². The van der Waals surface area contributed by atoms with E-state index in [0.717, 1.165) is 23.7 Å². The first-order valence-electron chi connectivity index (χ1n) is 6.03. The molecule has 2 heterocycles. The van der Waals surface area contributed by atoms with Gasteiger partial charge in [-0.3, -0.25) is 0 Å². The fourth-order valence-corrected chi connectivity index (χ4v) is 1.80. The monoisotopic (exact) mass is 246 g/mol. The Morgan fingerprint density at radius 3 is 2.89 bits per heavy atom. The molecule has 1 N–H and O–H groups in total. The lowest BCUT2D eigenvalue weighted by molar-refractivity contribution is 0.502. The first-order chi connectivity index (χ1) is 8.74. The van der Waals surface area contributed by atoms with Gasteiger partial charge in [0.1, 0.15) is 11.6 Å². The average Bonchev–Trinajstić information content (AvgIpc) is 2.90. The number of aromatic nitrogens is 2. The van der Waals surface area contributed by atoms with E-state index >= 15 is 0 Å². The Hall–Kier alpha value is -2.04. The Bertz CT molecular complexity index is 496. The minimum absolute atomic E-state index is 0.633. The van der Waals surface area contributed by atoms with E-state index in [1.54, 1.807) is 6.26 Å². The zero-order chi connectivity index (χ0) is 13.0. The molecule has 2 rings (SSSR count). The van der Waals surface area contributed by atoms with Gasteiger partial charge in [0.05, 0.1) is 12.8 Å². The van der Waals surface area contributed by atoms with Crippen molar-refractivity contribution in [1.82, 2.24) is 9.97 Å². The Kier molecular flexibility index (Phi) is 3.82. The molecule has 0 bridgehead atoms. The molecule has 2 aromatic heterocycles. The van der Waals surface area contributed by atoms with E-state index in [0.29, 0.717) is 12.5 Å². The number of hydrogen-bond donors (Lipinski definition) is 1. The highest BCUT2D eigenvalue weighted by atomic mass is 16.3. The number of anilines is 2. The number of hydrogen-bond acceptors (Lipinski definition) is 5. The van der Waals surface area contributed by atoms with Crippen LogP contribution in [0.25, 0.3) is 0 Å². The van der Waals surface area contributed by atoms with Crippen LogP contribution in [0, 0.1) is 6.92 Å². The summed E-state index contributed by atoms with van der Waals surface area (Å²) in [4.78, 5) is 10.9. The van der Waals surface area contributed by atoms with Crippen LogP contribution in [-0.2, 0) is 6.54 Å². The number of nitrogens with one attached hydrogen (secondary N) is 1. The molecule has 0 saturated heterocycles. The summed E-state index contributed by atoms with van der Waals surface area (Å²) in [5.41, 5.74) is 1.06. The highest BCUT2D eigenvalue weighted by Crippen LogP contribution is 2.20. The lowest BCUT2D eigenvalue weighted by Gasteiger charge is -2.22. The van der Waals surface area contributed by atoms with E-state index in [1.165, 1.54) is 0 Å². The summed E-state index contributed by atoms with van der Waals surface area (Å²) in [6.45, 7) is 5.69. The first-order valence-corrected chi connectivity index (χ1v) is 6.03. The number of aryl methyl sites for hydroxylation is 1. The molecule has 0 aromatic carbocycles. The fraction of sp³-hybridized carbons (Fsp3) is 0.385. The van der Waals surface area contributed by atoms with E-state index in [-0.39, 0.29) is 0 Å². The molecule has 18 heavy (non-hydrogen) atoms. The summed E-state index contributed by atoms with van der Waals surface area (Å²) < 4.78 is 5.38. The maximum Gasteiger partial charge on any atom is 0.224 e. The summed E-state index contributed by atoms with van der Waals surface area (Å²) in [6.07, 6.45) is 3.52. The molecule has 0 amide bonds. The molecule has 0 aliphatic heterocycles. The van der Waals surface area contributed by atoms with Crippen LogP contribution >= 0.6 is 0 Å². The minimum atomic E-state index is 0.633. The second-order valence-corrected chi connectivity index (χ2v) is 4.04. The topological polar surface area (TPSA) is 54.2 Å². The molecule has 5 heteroatoms. The summed E-state index contributed by atoms with van der Waals surface area (Å²) in [6, 6.07) is 3.87. The zero-order valence-electron chi connectivity index (χ0n) is 11.0. The molecular formula is C13H18N4O. The van der Waals surface area contributed by atoms with Gasteiger partial charge in [-0.25, -0.2) is 4.98 Å². The van der Waals surface area contributed by atoms with Crippen molar-refractivity contribution in [3.05, 3.63) is 35.9 Å². The summed E-state index contributed by atoms with van der Waals surface area (Å²) in [5.74, 6) is 2.50. The van der Waals surface area contributed by atoms with Gasteiger partial charge in [-0.15, -0.1) is 0 Å². The van der Waals surface area contributed by atoms with Gasteiger partial charge in [-0.05, 0) is 26.0 Å². The number of nitrogens with zero attached hydrogens (tertiary/aromatic N) is 3. The highest BCUT2D eigenvalue weighted by Gasteiger charge is 2.12. The van der Waals surface area contributed by atoms with Crippen LogP contribution in [0.4, 0.5) is 11.8 Å². The Balaban J connectivity index is 2.26. The van der Waals surface area contributed by atoms with Crippen molar-refractivity contribution in [2.75, 3.05) is 23.8 Å². The standard InChI is InChI=1S/C13H18N4O/c1-4-17(9-11-6-5-7-18-11)12-10(2)8-15-13(14-3)16-12/h5-8H,4,9H2,1-3H3,(H,14,15,16). The quantitative estimate of drug-likeness (QED) is 0.878. The van der Waals surface area contributed by atoms with Crippen LogP contribution in [0.1, 0.15) is 18.2 Å². The van der Waals surface area contributed by atoms with Gasteiger partial charge < -0.3 is 14.6 Å². The maximum absolute atomic E-state index is 5.38. The van der Waals surface area contributed by atoms with Crippen LogP contribution < -0.4 is 10.2 Å². The molecule has 0 unspecified atom stereocenters. The van der Waals surface area contributed by atoms with Gasteiger partial charge in [-0.2, -0.15) is 4.98 Å². The molecule has 96 valence electrons. The van der Waals surface area contributed by atoms with Crippen molar-refractivity contribution < 1.29 is 4.42 Å². The van der Waals surface area contributed by atoms with Crippen molar-refractivity contribution >= 4 is 11.8 Å². The lowest BCUT2D eigenvalue weighted by Crippen LogP contribution is -2.24. The van der Waals surface area contributed by atoms with E-state index in [2.05, 4.69) is 27.1 Å². The van der Waals surface area contributed by atoms with Gasteiger partial charge in [0.2, 0.25) is 5.95 Å². The first kappa shape index (κ1) is 12.4. The molecule has 0 aliphatic carbocycles. The zero-order valence-corrected chi connectivity index (χ0v) is 11.0. The smallest absolute Gasteiger partial charge is 0.224 e. The molecule has 0 fully saturated rings. The molecule has 2 aromatic rings. The largest absolute Gasteiger partial charge is 0.467 e. The van der Waals surface area contributed by atoms with E-state index in [1.807, 2.05) is 32.3 Å². The molecule has 5 nitrogen and oxygen atoms in total. The molecule has 0 atom stereocenters. The van der Waals surface area contributed by atoms with E-state index < -0.39 is 0 Å². The van der Waals surface area contributed by atoms with Crippen LogP contribution in [0.2, 0.25) is 0 Å². The van der Waals surface area contributed by atoms with Gasteiger partial charge in [-0.1, -0.05) is 0 Å². The Labute approximate surface area is 107 Å². The SMILES string of the molecule is CCN(Cc1ccco1)c1nc(NC)ncc1C. The van der Waals surface area contributed by atoms with Gasteiger partial charge in [0.25, 0.3) is 0 Å². The second-order valence-electron chi connectivity index (χ2n) is 4.04. The summed E-state index contributed by atoms with van der Waals surface area (Å²) in [7, 11) is 1.82. The van der Waals surface area contributed by atoms with Crippen molar-refractivity contribution in [3.8, 4) is 0 Å². The molecular weight excluding hydrogens is 228 g/mol. The van der Waals surface area contributed by atoms with Gasteiger partial charge >= 0.3 is 0 Å². The third-order valence-corrected chi connectivity index (χ3v) is 2.78. The second kappa shape index (κ2) is 5.53. The van der Waals surface area contributed by atoms with Crippen molar-refractivity contribution in [3.63, 3.8) is 0 Å². The predicted molar refractivity (Wildman–Crippen MR) is 71.7 cm³/mol. The third-order valence-electron chi connectivity index (χ3n) is 2.78. The molecule has 0 radical (unpaired) electrons. The van der Waals surface area contributed by atoms with Crippen LogP contribution in [0.15, 0.2) is 29.0 Å². The fourth-order valence-electron chi connectivity index (χ4n) is 1.80. The Morgan fingerprint density at radius 2 is 2.28 bits per heavy atom. The minimum Gasteiger partial charge on any atom is -0.467 e. The van der Waals surface area contributed by atoms with Crippen LogP contribution in [0.5, 0.6) is 0 Å². The maximum atomic E-state index is 5.38. The average molecular weight is 246 g/mol. The summed E-state index contributed by atoms with van der Waals surface area (Å²) >= 11 is 0.